The number of benzene rings is 2. The molecule has 2 aromatic carbocycles. The first-order valence-corrected chi connectivity index (χ1v) is 10.4. The normalized spacial score (nSPS) is 10.9. The average molecular weight is 404 g/mol. The third-order valence-electron chi connectivity index (χ3n) is 4.56. The molecular formula is C23H21N3O2S. The average Bonchev–Trinajstić information content (AvgIpc) is 2.75. The Hall–Kier alpha value is -3.12. The molecule has 6 heteroatoms. The Bertz CT molecular complexity index is 1180. The van der Waals surface area contributed by atoms with Crippen molar-refractivity contribution in [1.82, 2.24) is 14.5 Å². The van der Waals surface area contributed by atoms with Crippen molar-refractivity contribution in [3.63, 3.8) is 0 Å². The molecule has 0 saturated carbocycles. The summed E-state index contributed by atoms with van der Waals surface area (Å²) in [5.74, 6) is 1.57. The molecule has 0 bridgehead atoms. The van der Waals surface area contributed by atoms with Gasteiger partial charge in [0.05, 0.1) is 24.1 Å². The molecule has 0 spiro atoms. The summed E-state index contributed by atoms with van der Waals surface area (Å²) < 4.78 is 7.61. The summed E-state index contributed by atoms with van der Waals surface area (Å²) in [6, 6.07) is 19.2. The number of rotatable bonds is 7. The zero-order chi connectivity index (χ0) is 20.1. The number of hydrogen-bond acceptors (Lipinski definition) is 5. The molecule has 0 amide bonds. The Balaban J connectivity index is 1.57. The third-order valence-corrected chi connectivity index (χ3v) is 5.50. The number of aromatic nitrogens is 3. The monoisotopic (exact) mass is 403 g/mol. The molecule has 0 fully saturated rings. The Kier molecular flexibility index (Phi) is 5.91. The fourth-order valence-corrected chi connectivity index (χ4v) is 3.89. The Morgan fingerprint density at radius 3 is 2.69 bits per heavy atom. The largest absolute Gasteiger partial charge is 0.492 e. The summed E-state index contributed by atoms with van der Waals surface area (Å²) in [7, 11) is 0. The van der Waals surface area contributed by atoms with Crippen LogP contribution in [0.4, 0.5) is 0 Å². The molecule has 0 saturated heterocycles. The van der Waals surface area contributed by atoms with Gasteiger partial charge < -0.3 is 4.74 Å². The van der Waals surface area contributed by atoms with Gasteiger partial charge in [-0.2, -0.15) is 0 Å². The number of nitrogens with zero attached hydrogens (tertiary/aromatic N) is 3. The molecule has 0 aliphatic rings. The van der Waals surface area contributed by atoms with Crippen LogP contribution in [0.1, 0.15) is 11.1 Å². The number of thioether (sulfide) groups is 1. The van der Waals surface area contributed by atoms with Gasteiger partial charge in [0.2, 0.25) is 0 Å². The van der Waals surface area contributed by atoms with E-state index in [-0.39, 0.29) is 5.56 Å². The lowest BCUT2D eigenvalue weighted by molar-refractivity contribution is 0.341. The zero-order valence-electron chi connectivity index (χ0n) is 16.1. The molecule has 0 atom stereocenters. The Morgan fingerprint density at radius 2 is 1.86 bits per heavy atom. The van der Waals surface area contributed by atoms with Gasteiger partial charge in [-0.15, -0.1) is 0 Å². The van der Waals surface area contributed by atoms with Crippen molar-refractivity contribution < 1.29 is 4.74 Å². The number of para-hydroxylation sites is 2. The standard InChI is InChI=1S/C23H21N3O2S/c1-17-7-2-5-11-21(17)28-13-14-29-23-25-20-10-4-3-9-19(20)22(27)26(23)16-18-8-6-12-24-15-18/h2-12,15H,13-14,16H2,1H3. The molecule has 4 rings (SSSR count). The van der Waals surface area contributed by atoms with Crippen molar-refractivity contribution in [2.75, 3.05) is 12.4 Å². The van der Waals surface area contributed by atoms with Crippen LogP contribution in [0.2, 0.25) is 0 Å². The summed E-state index contributed by atoms with van der Waals surface area (Å²) in [6.07, 6.45) is 3.50. The van der Waals surface area contributed by atoms with Gasteiger partial charge in [0.25, 0.3) is 5.56 Å². The summed E-state index contributed by atoms with van der Waals surface area (Å²) in [4.78, 5) is 22.0. The quantitative estimate of drug-likeness (QED) is 0.261. The lowest BCUT2D eigenvalue weighted by Crippen LogP contribution is -2.24. The molecule has 0 radical (unpaired) electrons. The zero-order valence-corrected chi connectivity index (χ0v) is 16.9. The number of fused-ring (bicyclic) bond motifs is 1. The van der Waals surface area contributed by atoms with Crippen LogP contribution in [0.15, 0.2) is 83.0 Å². The SMILES string of the molecule is Cc1ccccc1OCCSc1nc2ccccc2c(=O)n1Cc1cccnc1. The maximum atomic E-state index is 13.1. The molecule has 0 unspecified atom stereocenters. The highest BCUT2D eigenvalue weighted by Gasteiger charge is 2.12. The second-order valence-electron chi connectivity index (χ2n) is 6.63. The first-order chi connectivity index (χ1) is 14.2. The molecule has 0 aliphatic carbocycles. The number of pyridine rings is 1. The minimum absolute atomic E-state index is 0.0400. The van der Waals surface area contributed by atoms with E-state index in [9.17, 15) is 4.79 Å². The fourth-order valence-electron chi connectivity index (χ4n) is 3.07. The summed E-state index contributed by atoms with van der Waals surface area (Å²) in [6.45, 7) is 3.00. The topological polar surface area (TPSA) is 57.0 Å². The molecular weight excluding hydrogens is 382 g/mol. The van der Waals surface area contributed by atoms with Crippen LogP contribution in [0.5, 0.6) is 5.75 Å². The van der Waals surface area contributed by atoms with Gasteiger partial charge in [-0.3, -0.25) is 14.3 Å². The molecule has 4 aromatic rings. The minimum Gasteiger partial charge on any atom is -0.492 e. The number of ether oxygens (including phenoxy) is 1. The van der Waals surface area contributed by atoms with Crippen LogP contribution < -0.4 is 10.3 Å². The highest BCUT2D eigenvalue weighted by molar-refractivity contribution is 7.99. The van der Waals surface area contributed by atoms with Gasteiger partial charge in [0.1, 0.15) is 5.75 Å². The summed E-state index contributed by atoms with van der Waals surface area (Å²) >= 11 is 1.53. The highest BCUT2D eigenvalue weighted by atomic mass is 32.2. The van der Waals surface area contributed by atoms with Crippen molar-refractivity contribution in [3.05, 3.63) is 94.5 Å². The van der Waals surface area contributed by atoms with Crippen molar-refractivity contribution in [3.8, 4) is 5.75 Å². The van der Waals surface area contributed by atoms with Crippen molar-refractivity contribution in [1.29, 1.82) is 0 Å². The maximum Gasteiger partial charge on any atom is 0.262 e. The van der Waals surface area contributed by atoms with Gasteiger partial charge in [-0.05, 0) is 42.3 Å². The fraction of sp³-hybridized carbons (Fsp3) is 0.174. The van der Waals surface area contributed by atoms with Gasteiger partial charge in [-0.25, -0.2) is 4.98 Å². The molecule has 2 aromatic heterocycles. The smallest absolute Gasteiger partial charge is 0.262 e. The molecule has 146 valence electrons. The molecule has 2 heterocycles. The summed E-state index contributed by atoms with van der Waals surface area (Å²) in [5.41, 5.74) is 2.74. The van der Waals surface area contributed by atoms with E-state index >= 15 is 0 Å². The predicted molar refractivity (Wildman–Crippen MR) is 117 cm³/mol. The van der Waals surface area contributed by atoms with E-state index in [1.807, 2.05) is 67.6 Å². The van der Waals surface area contributed by atoms with Gasteiger partial charge in [-0.1, -0.05) is 48.2 Å². The molecule has 29 heavy (non-hydrogen) atoms. The number of hydrogen-bond donors (Lipinski definition) is 0. The number of aryl methyl sites for hydroxylation is 1. The lowest BCUT2D eigenvalue weighted by atomic mass is 10.2. The second-order valence-corrected chi connectivity index (χ2v) is 7.69. The molecule has 0 aliphatic heterocycles. The van der Waals surface area contributed by atoms with E-state index in [2.05, 4.69) is 4.98 Å². The van der Waals surface area contributed by atoms with Gasteiger partial charge >= 0.3 is 0 Å². The van der Waals surface area contributed by atoms with E-state index < -0.39 is 0 Å². The van der Waals surface area contributed by atoms with E-state index in [4.69, 9.17) is 9.72 Å². The maximum absolute atomic E-state index is 13.1. The van der Waals surface area contributed by atoms with Crippen molar-refractivity contribution in [2.24, 2.45) is 0 Å². The second kappa shape index (κ2) is 8.92. The van der Waals surface area contributed by atoms with Crippen LogP contribution >= 0.6 is 11.8 Å². The first kappa shape index (κ1) is 19.2. The predicted octanol–water partition coefficient (Wildman–Crippen LogP) is 4.32. The van der Waals surface area contributed by atoms with E-state index in [0.717, 1.165) is 16.9 Å². The van der Waals surface area contributed by atoms with Gasteiger partial charge in [0.15, 0.2) is 5.16 Å². The van der Waals surface area contributed by atoms with Crippen molar-refractivity contribution in [2.45, 2.75) is 18.6 Å². The van der Waals surface area contributed by atoms with E-state index in [0.29, 0.717) is 35.0 Å². The molecule has 0 N–H and O–H groups in total. The lowest BCUT2D eigenvalue weighted by Gasteiger charge is -2.14. The van der Waals surface area contributed by atoms with Crippen LogP contribution in [-0.4, -0.2) is 26.9 Å². The van der Waals surface area contributed by atoms with Gasteiger partial charge in [0, 0.05) is 18.1 Å². The minimum atomic E-state index is -0.0400. The van der Waals surface area contributed by atoms with Crippen LogP contribution in [0.3, 0.4) is 0 Å². The molecule has 5 nitrogen and oxygen atoms in total. The Labute approximate surface area is 173 Å². The first-order valence-electron chi connectivity index (χ1n) is 9.42. The summed E-state index contributed by atoms with van der Waals surface area (Å²) in [5, 5.41) is 1.31. The van der Waals surface area contributed by atoms with Crippen LogP contribution in [-0.2, 0) is 6.54 Å². The van der Waals surface area contributed by atoms with E-state index in [1.54, 1.807) is 17.0 Å². The highest BCUT2D eigenvalue weighted by Crippen LogP contribution is 2.20. The van der Waals surface area contributed by atoms with E-state index in [1.165, 1.54) is 11.8 Å². The van der Waals surface area contributed by atoms with Crippen LogP contribution in [0, 0.1) is 6.92 Å². The van der Waals surface area contributed by atoms with Crippen LogP contribution in [0.25, 0.3) is 10.9 Å². The Morgan fingerprint density at radius 1 is 1.03 bits per heavy atom. The third kappa shape index (κ3) is 4.49. The van der Waals surface area contributed by atoms with Crippen molar-refractivity contribution >= 4 is 22.7 Å².